The van der Waals surface area contributed by atoms with Crippen LogP contribution in [-0.4, -0.2) is 11.5 Å². The standard InChI is InChI=1S/C8H8Cl2N2/c9-7-6(2-1-4-11)3-5-12-8(7)10/h1-3,5H,4,11H2. The zero-order valence-electron chi connectivity index (χ0n) is 6.30. The summed E-state index contributed by atoms with van der Waals surface area (Å²) < 4.78 is 0. The van der Waals surface area contributed by atoms with Crippen LogP contribution in [0.25, 0.3) is 6.08 Å². The van der Waals surface area contributed by atoms with Gasteiger partial charge in [0.15, 0.2) is 0 Å². The molecule has 0 fully saturated rings. The highest BCUT2D eigenvalue weighted by atomic mass is 35.5. The SMILES string of the molecule is NCC=Cc1ccnc(Cl)c1Cl. The molecule has 0 saturated heterocycles. The van der Waals surface area contributed by atoms with Crippen molar-refractivity contribution in [2.24, 2.45) is 5.73 Å². The first-order valence-corrected chi connectivity index (χ1v) is 4.18. The second-order valence-corrected chi connectivity index (χ2v) is 2.88. The Morgan fingerprint density at radius 1 is 1.50 bits per heavy atom. The Hall–Kier alpha value is -0.570. The summed E-state index contributed by atoms with van der Waals surface area (Å²) in [7, 11) is 0. The third-order valence-corrected chi connectivity index (χ3v) is 2.09. The third-order valence-electron chi connectivity index (χ3n) is 1.31. The van der Waals surface area contributed by atoms with Crippen molar-refractivity contribution in [2.45, 2.75) is 0 Å². The minimum absolute atomic E-state index is 0.316. The van der Waals surface area contributed by atoms with Crippen LogP contribution in [-0.2, 0) is 0 Å². The Labute approximate surface area is 81.0 Å². The molecule has 0 bridgehead atoms. The molecule has 0 spiro atoms. The van der Waals surface area contributed by atoms with Gasteiger partial charge in [-0.25, -0.2) is 4.98 Å². The van der Waals surface area contributed by atoms with Gasteiger partial charge in [-0.1, -0.05) is 35.4 Å². The van der Waals surface area contributed by atoms with E-state index in [9.17, 15) is 0 Å². The fraction of sp³-hybridized carbons (Fsp3) is 0.125. The van der Waals surface area contributed by atoms with Crippen LogP contribution in [0.2, 0.25) is 10.2 Å². The number of pyridine rings is 1. The van der Waals surface area contributed by atoms with Crippen LogP contribution < -0.4 is 5.73 Å². The van der Waals surface area contributed by atoms with Crippen molar-refractivity contribution in [2.75, 3.05) is 6.54 Å². The van der Waals surface area contributed by atoms with Gasteiger partial charge in [0.05, 0.1) is 5.02 Å². The second kappa shape index (κ2) is 4.45. The lowest BCUT2D eigenvalue weighted by molar-refractivity contribution is 1.26. The van der Waals surface area contributed by atoms with Crippen LogP contribution in [0.3, 0.4) is 0 Å². The predicted molar refractivity (Wildman–Crippen MR) is 52.3 cm³/mol. The normalized spacial score (nSPS) is 10.9. The first-order chi connectivity index (χ1) is 5.75. The Morgan fingerprint density at radius 3 is 2.92 bits per heavy atom. The average Bonchev–Trinajstić information content (AvgIpc) is 2.08. The largest absolute Gasteiger partial charge is 0.327 e. The summed E-state index contributed by atoms with van der Waals surface area (Å²) in [6.45, 7) is 0.482. The fourth-order valence-corrected chi connectivity index (χ4v) is 1.10. The topological polar surface area (TPSA) is 38.9 Å². The molecule has 0 atom stereocenters. The molecule has 12 heavy (non-hydrogen) atoms. The number of nitrogens with two attached hydrogens (primary N) is 1. The van der Waals surface area contributed by atoms with Crippen LogP contribution in [0.15, 0.2) is 18.3 Å². The smallest absolute Gasteiger partial charge is 0.148 e. The van der Waals surface area contributed by atoms with Gasteiger partial charge in [0, 0.05) is 12.7 Å². The fourth-order valence-electron chi connectivity index (χ4n) is 0.756. The Morgan fingerprint density at radius 2 is 2.25 bits per heavy atom. The molecular formula is C8H8Cl2N2. The van der Waals surface area contributed by atoms with Gasteiger partial charge in [-0.05, 0) is 11.6 Å². The van der Waals surface area contributed by atoms with E-state index in [0.29, 0.717) is 16.7 Å². The molecule has 0 unspecified atom stereocenters. The lowest BCUT2D eigenvalue weighted by Crippen LogP contribution is -1.92. The summed E-state index contributed by atoms with van der Waals surface area (Å²) >= 11 is 11.5. The Balaban J connectivity index is 3.00. The molecule has 0 aliphatic carbocycles. The van der Waals surface area contributed by atoms with E-state index >= 15 is 0 Å². The van der Waals surface area contributed by atoms with Crippen LogP contribution in [0.1, 0.15) is 5.56 Å². The summed E-state index contributed by atoms with van der Waals surface area (Å²) in [6.07, 6.45) is 5.22. The Bertz CT molecular complexity index is 297. The lowest BCUT2D eigenvalue weighted by atomic mass is 10.2. The first-order valence-electron chi connectivity index (χ1n) is 3.42. The van der Waals surface area contributed by atoms with Gasteiger partial charge in [0.1, 0.15) is 5.15 Å². The molecule has 64 valence electrons. The number of rotatable bonds is 2. The number of aromatic nitrogens is 1. The Kier molecular flexibility index (Phi) is 3.53. The van der Waals surface area contributed by atoms with E-state index in [0.717, 1.165) is 5.56 Å². The van der Waals surface area contributed by atoms with Crippen LogP contribution in [0.4, 0.5) is 0 Å². The van der Waals surface area contributed by atoms with Gasteiger partial charge in [0.2, 0.25) is 0 Å². The number of hydrogen-bond acceptors (Lipinski definition) is 2. The first kappa shape index (κ1) is 9.52. The van der Waals surface area contributed by atoms with E-state index in [4.69, 9.17) is 28.9 Å². The van der Waals surface area contributed by atoms with Crippen LogP contribution in [0, 0.1) is 0 Å². The molecule has 4 heteroatoms. The van der Waals surface area contributed by atoms with Gasteiger partial charge >= 0.3 is 0 Å². The second-order valence-electron chi connectivity index (χ2n) is 2.14. The minimum atomic E-state index is 0.316. The molecule has 2 nitrogen and oxygen atoms in total. The predicted octanol–water partition coefficient (Wildman–Crippen LogP) is 2.36. The maximum atomic E-state index is 5.84. The van der Waals surface area contributed by atoms with Crippen LogP contribution in [0.5, 0.6) is 0 Å². The van der Waals surface area contributed by atoms with Gasteiger partial charge in [-0.15, -0.1) is 0 Å². The monoisotopic (exact) mass is 202 g/mol. The lowest BCUT2D eigenvalue weighted by Gasteiger charge is -1.97. The minimum Gasteiger partial charge on any atom is -0.327 e. The molecule has 2 N–H and O–H groups in total. The molecule has 0 saturated carbocycles. The van der Waals surface area contributed by atoms with Gasteiger partial charge in [-0.2, -0.15) is 0 Å². The van der Waals surface area contributed by atoms with Crippen LogP contribution >= 0.6 is 23.2 Å². The zero-order chi connectivity index (χ0) is 8.97. The maximum Gasteiger partial charge on any atom is 0.148 e. The van der Waals surface area contributed by atoms with E-state index in [-0.39, 0.29) is 0 Å². The zero-order valence-corrected chi connectivity index (χ0v) is 7.81. The maximum absolute atomic E-state index is 5.84. The highest BCUT2D eigenvalue weighted by Crippen LogP contribution is 2.23. The summed E-state index contributed by atoms with van der Waals surface area (Å²) in [5.41, 5.74) is 6.12. The number of hydrogen-bond donors (Lipinski definition) is 1. The number of nitrogens with zero attached hydrogens (tertiary/aromatic N) is 1. The van der Waals surface area contributed by atoms with Crippen molar-refractivity contribution in [3.05, 3.63) is 34.1 Å². The van der Waals surface area contributed by atoms with Crippen molar-refractivity contribution in [1.29, 1.82) is 0 Å². The van der Waals surface area contributed by atoms with Gasteiger partial charge in [-0.3, -0.25) is 0 Å². The summed E-state index contributed by atoms with van der Waals surface area (Å²) in [4.78, 5) is 3.82. The molecule has 0 radical (unpaired) electrons. The van der Waals surface area contributed by atoms with Crippen molar-refractivity contribution in [3.8, 4) is 0 Å². The van der Waals surface area contributed by atoms with Crippen molar-refractivity contribution in [1.82, 2.24) is 4.98 Å². The van der Waals surface area contributed by atoms with E-state index in [1.165, 1.54) is 0 Å². The molecule has 0 aliphatic rings. The molecule has 0 aromatic carbocycles. The summed E-state index contributed by atoms with van der Waals surface area (Å²) in [5.74, 6) is 0. The number of halogens is 2. The van der Waals surface area contributed by atoms with Gasteiger partial charge in [0.25, 0.3) is 0 Å². The average molecular weight is 203 g/mol. The highest BCUT2D eigenvalue weighted by molar-refractivity contribution is 6.42. The highest BCUT2D eigenvalue weighted by Gasteiger charge is 2.00. The van der Waals surface area contributed by atoms with E-state index in [1.807, 2.05) is 6.08 Å². The quantitative estimate of drug-likeness (QED) is 0.749. The molecule has 1 rings (SSSR count). The molecule has 0 aliphatic heterocycles. The van der Waals surface area contributed by atoms with E-state index < -0.39 is 0 Å². The van der Waals surface area contributed by atoms with Crippen molar-refractivity contribution in [3.63, 3.8) is 0 Å². The summed E-state index contributed by atoms with van der Waals surface area (Å²) in [6, 6.07) is 1.78. The van der Waals surface area contributed by atoms with Crippen molar-refractivity contribution >= 4 is 29.3 Å². The molecular weight excluding hydrogens is 195 g/mol. The van der Waals surface area contributed by atoms with Gasteiger partial charge < -0.3 is 5.73 Å². The molecule has 0 amide bonds. The third kappa shape index (κ3) is 2.21. The van der Waals surface area contributed by atoms with E-state index in [1.54, 1.807) is 18.3 Å². The molecule has 1 heterocycles. The molecule has 1 aromatic rings. The van der Waals surface area contributed by atoms with E-state index in [2.05, 4.69) is 4.98 Å². The summed E-state index contributed by atoms with van der Waals surface area (Å²) in [5, 5.41) is 0.778. The molecule has 1 aromatic heterocycles. The van der Waals surface area contributed by atoms with Crippen molar-refractivity contribution < 1.29 is 0 Å².